The van der Waals surface area contributed by atoms with E-state index in [1.807, 2.05) is 12.3 Å². The van der Waals surface area contributed by atoms with Gasteiger partial charge in [-0.3, -0.25) is 9.88 Å². The lowest BCUT2D eigenvalue weighted by atomic mass is 10.2. The maximum atomic E-state index is 11.7. The van der Waals surface area contributed by atoms with Crippen molar-refractivity contribution < 1.29 is 19.1 Å². The molecule has 1 aromatic carbocycles. The average molecular weight is 342 g/mol. The highest BCUT2D eigenvalue weighted by atomic mass is 32.1. The molecule has 2 aromatic rings. The second-order valence-corrected chi connectivity index (χ2v) is 7.49. The molecule has 22 heavy (non-hydrogen) atoms. The standard InChI is InChI=1S/C14H19N2O4PS/c1-10-9-22-13(16-10)7-8-15-14(21(17,18)19)11-3-5-12(20-2)6-4-11/h3-6,9,14-15H,7-8H2,1-2H3,(H2,17,18,19). The van der Waals surface area contributed by atoms with Crippen LogP contribution in [0.1, 0.15) is 22.0 Å². The Morgan fingerprint density at radius 3 is 2.55 bits per heavy atom. The molecule has 2 rings (SSSR count). The Balaban J connectivity index is 2.04. The molecule has 0 aliphatic rings. The van der Waals surface area contributed by atoms with Crippen LogP contribution in [0.3, 0.4) is 0 Å². The van der Waals surface area contributed by atoms with Gasteiger partial charge in [-0.05, 0) is 24.6 Å². The molecular weight excluding hydrogens is 323 g/mol. The first-order chi connectivity index (χ1) is 10.4. The summed E-state index contributed by atoms with van der Waals surface area (Å²) in [6.07, 6.45) is 0.630. The zero-order valence-electron chi connectivity index (χ0n) is 12.4. The predicted molar refractivity (Wildman–Crippen MR) is 86.3 cm³/mol. The molecular formula is C14H19N2O4PS. The summed E-state index contributed by atoms with van der Waals surface area (Å²) in [5.74, 6) is -0.383. The third kappa shape index (κ3) is 4.63. The normalized spacial score (nSPS) is 13.1. The predicted octanol–water partition coefficient (Wildman–Crippen LogP) is 2.47. The van der Waals surface area contributed by atoms with E-state index in [4.69, 9.17) is 4.74 Å². The van der Waals surface area contributed by atoms with Gasteiger partial charge in [-0.15, -0.1) is 11.3 Å². The van der Waals surface area contributed by atoms with Crippen LogP contribution in [0, 0.1) is 6.92 Å². The molecule has 0 saturated carbocycles. The van der Waals surface area contributed by atoms with Crippen molar-refractivity contribution in [2.45, 2.75) is 19.1 Å². The fourth-order valence-electron chi connectivity index (χ4n) is 2.05. The number of methoxy groups -OCH3 is 1. The van der Waals surface area contributed by atoms with Gasteiger partial charge in [0, 0.05) is 24.0 Å². The topological polar surface area (TPSA) is 91.7 Å². The third-order valence-electron chi connectivity index (χ3n) is 3.11. The van der Waals surface area contributed by atoms with Crippen molar-refractivity contribution in [1.29, 1.82) is 0 Å². The summed E-state index contributed by atoms with van der Waals surface area (Å²) in [6, 6.07) is 6.68. The van der Waals surface area contributed by atoms with Crippen LogP contribution in [0.5, 0.6) is 5.75 Å². The molecule has 0 aliphatic heterocycles. The van der Waals surface area contributed by atoms with Crippen LogP contribution in [0.2, 0.25) is 0 Å². The Morgan fingerprint density at radius 2 is 2.05 bits per heavy atom. The number of nitrogens with zero attached hydrogens (tertiary/aromatic N) is 1. The van der Waals surface area contributed by atoms with Gasteiger partial charge in [-0.25, -0.2) is 4.98 Å². The zero-order valence-corrected chi connectivity index (χ0v) is 14.1. The molecule has 8 heteroatoms. The molecule has 0 bridgehead atoms. The van der Waals surface area contributed by atoms with Gasteiger partial charge in [-0.2, -0.15) is 0 Å². The van der Waals surface area contributed by atoms with E-state index in [2.05, 4.69) is 10.3 Å². The molecule has 120 valence electrons. The van der Waals surface area contributed by atoms with E-state index in [9.17, 15) is 14.4 Å². The zero-order chi connectivity index (χ0) is 16.2. The number of hydrogen-bond donors (Lipinski definition) is 3. The molecule has 1 atom stereocenters. The molecule has 0 fully saturated rings. The van der Waals surface area contributed by atoms with Crippen LogP contribution in [-0.2, 0) is 11.0 Å². The van der Waals surface area contributed by atoms with Gasteiger partial charge in [0.15, 0.2) is 0 Å². The SMILES string of the molecule is COc1ccc(C(NCCc2nc(C)cs2)P(=O)(O)O)cc1. The van der Waals surface area contributed by atoms with Crippen LogP contribution >= 0.6 is 18.9 Å². The molecule has 1 aromatic heterocycles. The number of aromatic nitrogens is 1. The molecule has 6 nitrogen and oxygen atoms in total. The Hall–Kier alpha value is -1.24. The first-order valence-electron chi connectivity index (χ1n) is 6.73. The van der Waals surface area contributed by atoms with Crippen LogP contribution in [0.4, 0.5) is 0 Å². The fourth-order valence-corrected chi connectivity index (χ4v) is 3.75. The highest BCUT2D eigenvalue weighted by molar-refractivity contribution is 7.52. The minimum Gasteiger partial charge on any atom is -0.497 e. The van der Waals surface area contributed by atoms with E-state index in [0.29, 0.717) is 24.3 Å². The quantitative estimate of drug-likeness (QED) is 0.670. The van der Waals surface area contributed by atoms with Crippen molar-refractivity contribution in [3.8, 4) is 5.75 Å². The van der Waals surface area contributed by atoms with Crippen molar-refractivity contribution in [2.75, 3.05) is 13.7 Å². The van der Waals surface area contributed by atoms with Crippen LogP contribution in [0.25, 0.3) is 0 Å². The van der Waals surface area contributed by atoms with Crippen LogP contribution < -0.4 is 10.1 Å². The molecule has 0 saturated heterocycles. The summed E-state index contributed by atoms with van der Waals surface area (Å²) in [5, 5.41) is 5.84. The number of aryl methyl sites for hydroxylation is 1. The minimum absolute atomic E-state index is 0.439. The van der Waals surface area contributed by atoms with E-state index in [0.717, 1.165) is 10.7 Å². The van der Waals surface area contributed by atoms with Gasteiger partial charge >= 0.3 is 7.60 Å². The maximum Gasteiger partial charge on any atom is 0.346 e. The van der Waals surface area contributed by atoms with Gasteiger partial charge in [0.2, 0.25) is 0 Å². The van der Waals surface area contributed by atoms with Crippen molar-refractivity contribution in [3.05, 3.63) is 45.9 Å². The molecule has 0 aliphatic carbocycles. The van der Waals surface area contributed by atoms with Crippen LogP contribution in [0.15, 0.2) is 29.6 Å². The highest BCUT2D eigenvalue weighted by Crippen LogP contribution is 2.49. The number of benzene rings is 1. The largest absolute Gasteiger partial charge is 0.497 e. The Morgan fingerprint density at radius 1 is 1.36 bits per heavy atom. The first kappa shape index (κ1) is 17.1. The number of thiazole rings is 1. The second-order valence-electron chi connectivity index (χ2n) is 4.85. The van der Waals surface area contributed by atoms with Gasteiger partial charge in [0.05, 0.1) is 12.1 Å². The van der Waals surface area contributed by atoms with E-state index < -0.39 is 13.4 Å². The number of rotatable bonds is 7. The lowest BCUT2D eigenvalue weighted by Crippen LogP contribution is -2.24. The molecule has 1 heterocycles. The summed E-state index contributed by atoms with van der Waals surface area (Å²) in [7, 11) is -2.76. The second kappa shape index (κ2) is 7.35. The van der Waals surface area contributed by atoms with E-state index in [1.54, 1.807) is 42.7 Å². The molecule has 1 unspecified atom stereocenters. The third-order valence-corrected chi connectivity index (χ3v) is 5.29. The van der Waals surface area contributed by atoms with Gasteiger partial charge in [0.1, 0.15) is 11.5 Å². The molecule has 0 amide bonds. The maximum absolute atomic E-state index is 11.7. The molecule has 3 N–H and O–H groups in total. The van der Waals surface area contributed by atoms with Gasteiger partial charge < -0.3 is 14.5 Å². The monoisotopic (exact) mass is 342 g/mol. The number of hydrogen-bond acceptors (Lipinski definition) is 5. The minimum atomic E-state index is -4.31. The fraction of sp³-hybridized carbons (Fsp3) is 0.357. The molecule has 0 radical (unpaired) electrons. The lowest BCUT2D eigenvalue weighted by Gasteiger charge is -2.20. The summed E-state index contributed by atoms with van der Waals surface area (Å²) in [6.45, 7) is 2.36. The summed E-state index contributed by atoms with van der Waals surface area (Å²) < 4.78 is 16.8. The average Bonchev–Trinajstić information content (AvgIpc) is 2.88. The Bertz CT molecular complexity index is 653. The highest BCUT2D eigenvalue weighted by Gasteiger charge is 2.29. The molecule has 0 spiro atoms. The van der Waals surface area contributed by atoms with E-state index in [1.165, 1.54) is 0 Å². The van der Waals surface area contributed by atoms with Gasteiger partial charge in [0.25, 0.3) is 0 Å². The number of nitrogens with one attached hydrogen (secondary N) is 1. The smallest absolute Gasteiger partial charge is 0.346 e. The summed E-state index contributed by atoms with van der Waals surface area (Å²) >= 11 is 1.55. The Kier molecular flexibility index (Phi) is 5.72. The first-order valence-corrected chi connectivity index (χ1v) is 9.30. The van der Waals surface area contributed by atoms with Crippen LogP contribution in [-0.4, -0.2) is 28.4 Å². The van der Waals surface area contributed by atoms with Gasteiger partial charge in [-0.1, -0.05) is 12.1 Å². The van der Waals surface area contributed by atoms with Crippen molar-refractivity contribution >= 4 is 18.9 Å². The lowest BCUT2D eigenvalue weighted by molar-refractivity contribution is 0.348. The summed E-state index contributed by atoms with van der Waals surface area (Å²) in [4.78, 5) is 23.5. The Labute approximate surface area is 133 Å². The van der Waals surface area contributed by atoms with E-state index in [-0.39, 0.29) is 0 Å². The van der Waals surface area contributed by atoms with Crippen molar-refractivity contribution in [2.24, 2.45) is 0 Å². The van der Waals surface area contributed by atoms with E-state index >= 15 is 0 Å². The number of ether oxygens (including phenoxy) is 1. The van der Waals surface area contributed by atoms with Crippen molar-refractivity contribution in [3.63, 3.8) is 0 Å². The van der Waals surface area contributed by atoms with Crippen molar-refractivity contribution in [1.82, 2.24) is 10.3 Å². The summed E-state index contributed by atoms with van der Waals surface area (Å²) in [5.41, 5.74) is 1.49.